The fourth-order valence-corrected chi connectivity index (χ4v) is 8.87. The van der Waals surface area contributed by atoms with Crippen LogP contribution in [0.3, 0.4) is 0 Å². The first-order valence-corrected chi connectivity index (χ1v) is 37.9. The molecule has 3 aromatic carbocycles. The molecule has 0 atom stereocenters. The molecule has 0 spiro atoms. The molecule has 7 N–H and O–H groups in total. The third kappa shape index (κ3) is 31.9. The molecule has 11 rings (SSSR count). The van der Waals surface area contributed by atoms with E-state index in [0.717, 1.165) is 100 Å². The number of imidazole rings is 2. The molecule has 0 unspecified atom stereocenters. The number of aldehydes is 1. The smallest absolute Gasteiger partial charge is 0.399 e. The van der Waals surface area contributed by atoms with Gasteiger partial charge in [0.2, 0.25) is 5.54 Å². The number of nitrogens with two attached hydrogens (primary N) is 1. The van der Waals surface area contributed by atoms with Crippen LogP contribution >= 0.6 is 31.9 Å². The van der Waals surface area contributed by atoms with Gasteiger partial charge < -0.3 is 39.6 Å². The third-order valence-electron chi connectivity index (χ3n) is 14.1. The summed E-state index contributed by atoms with van der Waals surface area (Å²) < 4.78 is 201. The van der Waals surface area contributed by atoms with E-state index in [-0.39, 0.29) is 60.8 Å². The number of hydrogen-bond donors (Lipinski definition) is 6. The minimum atomic E-state index is -5.84. The fraction of sp³-hybridized carbons (Fsp3) is 0.357. The minimum absolute atomic E-state index is 0. The molecule has 0 amide bonds. The Labute approximate surface area is 673 Å². The maximum Gasteiger partial charge on any atom is 0.522 e. The molecule has 1 aliphatic rings. The van der Waals surface area contributed by atoms with Crippen molar-refractivity contribution in [1.82, 2.24) is 34.1 Å². The van der Waals surface area contributed by atoms with E-state index in [4.69, 9.17) is 79.5 Å². The molecule has 7 aromatic heterocycles. The van der Waals surface area contributed by atoms with Gasteiger partial charge in [0, 0.05) is 113 Å². The number of nitrogens with one attached hydrogen (secondary N) is 2. The number of benzene rings is 3. The molecule has 8 heterocycles. The number of halogens is 11. The van der Waals surface area contributed by atoms with Gasteiger partial charge in [-0.3, -0.25) is 27.3 Å². The standard InChI is InChI=1S/C22H24N4O.C17H18BrN3.C11H18BNO3.C7H5BrO.C5H6N2.C5H9N.3CHF3O3S.Sc/c1-14-19(15(2)27-25-14)16-9-11-17(12-10-16)20-21(24-22(3,4)5)26-13-7-6-8-18(26)23-20;1-17(2,3)20-16-15(12-7-9-13(18)10-8-12)19-14-6-4-5-11-21(14)16;1-7-9(8(2)14-13-7)12-15-10(3,4)11(5,6)16-12;8-7-3-1-6(5-9)2-4-7;6-5-3-1-2-4-7-5;1-5(2,3)6-4;3*2-1(3,4)8(5,6)7;/h6-13,24H,1-5H3;4-11,20H,1-3H3;1-6H3;1-5H;1-4H,(H2,6,7);1-3H3;3*(H,5,6,7);. The number of nitrogens with zero attached hydrogens (tertiary/aromatic N) is 8. The van der Waals surface area contributed by atoms with Gasteiger partial charge in [-0.25, -0.2) is 21.5 Å². The van der Waals surface area contributed by atoms with Crippen LogP contribution in [-0.2, 0) is 65.5 Å². The first-order valence-electron chi connectivity index (χ1n) is 32.0. The number of carbonyl (C=O) groups excluding carboxylic acids is 1. The molecule has 603 valence electrons. The Morgan fingerprint density at radius 2 is 0.874 bits per heavy atom. The Bertz CT molecular complexity index is 4900. The normalized spacial score (nSPS) is 13.3. The first kappa shape index (κ1) is 99.2. The van der Waals surface area contributed by atoms with Crippen LogP contribution in [0.2, 0.25) is 0 Å². The Morgan fingerprint density at radius 1 is 0.541 bits per heavy atom. The van der Waals surface area contributed by atoms with Crippen LogP contribution in [0.15, 0.2) is 164 Å². The van der Waals surface area contributed by atoms with E-state index in [2.05, 4.69) is 149 Å². The molecule has 0 aliphatic carbocycles. The van der Waals surface area contributed by atoms with Gasteiger partial charge in [-0.1, -0.05) is 109 Å². The average molecular weight is 1790 g/mol. The maximum absolute atomic E-state index is 10.7. The van der Waals surface area contributed by atoms with Crippen molar-refractivity contribution in [2.45, 2.75) is 162 Å². The Hall–Kier alpha value is -7.91. The van der Waals surface area contributed by atoms with Gasteiger partial charge in [0.1, 0.15) is 57.9 Å². The van der Waals surface area contributed by atoms with Crippen molar-refractivity contribution in [3.05, 3.63) is 195 Å². The van der Waals surface area contributed by atoms with Crippen molar-refractivity contribution in [2.24, 2.45) is 0 Å². The van der Waals surface area contributed by atoms with Crippen molar-refractivity contribution < 1.29 is 127 Å². The van der Waals surface area contributed by atoms with Crippen LogP contribution < -0.4 is 21.8 Å². The van der Waals surface area contributed by atoms with Crippen molar-refractivity contribution in [3.63, 3.8) is 0 Å². The average Bonchev–Trinajstić information content (AvgIpc) is 1.64. The van der Waals surface area contributed by atoms with Gasteiger partial charge >= 0.3 is 54.0 Å². The second kappa shape index (κ2) is 40.2. The summed E-state index contributed by atoms with van der Waals surface area (Å²) in [6.45, 7) is 40.9. The fourth-order valence-electron chi connectivity index (χ4n) is 8.35. The van der Waals surface area contributed by atoms with Crippen LogP contribution in [0.25, 0.3) is 49.8 Å². The molecule has 111 heavy (non-hydrogen) atoms. The van der Waals surface area contributed by atoms with Gasteiger partial charge in [-0.2, -0.15) is 64.8 Å². The maximum atomic E-state index is 10.7. The zero-order valence-corrected chi connectivity index (χ0v) is 70.4. The van der Waals surface area contributed by atoms with E-state index in [1.807, 2.05) is 161 Å². The molecule has 1 saturated heterocycles. The van der Waals surface area contributed by atoms with E-state index in [1.54, 1.807) is 24.4 Å². The Morgan fingerprint density at radius 3 is 1.15 bits per heavy atom. The number of alkyl halides is 9. The molecule has 25 nitrogen and oxygen atoms in total. The van der Waals surface area contributed by atoms with Gasteiger partial charge in [0.25, 0.3) is 0 Å². The topological polar surface area (TPSA) is 353 Å². The number of rotatable bonds is 7. The monoisotopic (exact) mass is 1780 g/mol. The van der Waals surface area contributed by atoms with E-state index in [1.165, 1.54) is 0 Å². The number of fused-ring (bicyclic) bond motifs is 2. The summed E-state index contributed by atoms with van der Waals surface area (Å²) in [4.78, 5) is 26.8. The van der Waals surface area contributed by atoms with Gasteiger partial charge in [-0.05, 0) is 163 Å². The third-order valence-corrected chi connectivity index (χ3v) is 16.9. The second-order valence-electron chi connectivity index (χ2n) is 27.3. The Balaban J connectivity index is 0.000000448. The van der Waals surface area contributed by atoms with Crippen LogP contribution in [-0.4, -0.2) is 131 Å². The summed E-state index contributed by atoms with van der Waals surface area (Å²) in [6, 6.07) is 41.4. The molecule has 10 aromatic rings. The zero-order valence-electron chi connectivity index (χ0n) is 63.0. The predicted octanol–water partition coefficient (Wildman–Crippen LogP) is 17.9. The quantitative estimate of drug-likeness (QED) is 0.0215. The van der Waals surface area contributed by atoms with Crippen LogP contribution in [0.4, 0.5) is 57.0 Å². The summed E-state index contributed by atoms with van der Waals surface area (Å²) in [5, 5.41) is 15.2. The molecule has 1 aliphatic heterocycles. The van der Waals surface area contributed by atoms with E-state index in [0.29, 0.717) is 11.4 Å². The van der Waals surface area contributed by atoms with E-state index in [9.17, 15) is 44.3 Å². The first-order chi connectivity index (χ1) is 50.0. The Kier molecular flexibility index (Phi) is 35.9. The van der Waals surface area contributed by atoms with E-state index < -0.39 is 46.9 Å². The van der Waals surface area contributed by atoms with Crippen LogP contribution in [0.5, 0.6) is 0 Å². The number of carbonyl (C=O) groups is 1. The number of aromatic nitrogens is 7. The molecule has 0 bridgehead atoms. The number of aryl methyl sites for hydroxylation is 4. The van der Waals surface area contributed by atoms with Gasteiger partial charge in [0.15, 0.2) is 0 Å². The van der Waals surface area contributed by atoms with Crippen molar-refractivity contribution in [2.75, 3.05) is 16.4 Å². The van der Waals surface area contributed by atoms with E-state index >= 15 is 0 Å². The minimum Gasteiger partial charge on any atom is -0.399 e. The van der Waals surface area contributed by atoms with Crippen molar-refractivity contribution >= 4 is 110 Å². The SMILES string of the molecule is CC(C)(C)Nc1c(-c2ccc(Br)cc2)nc2ccccn12.Cc1noc(C)c1-c1ccc(-c2nc3ccccn3c2NC(C)(C)C)cc1.Cc1noc(C)c1B1OC(C)(C)C(C)(C)O1.Nc1ccccn1.O=Cc1ccc(Br)cc1.O=S(=O)(O)C(F)(F)F.O=S(=O)(O)C(F)(F)F.O=S(=O)(O)C(F)(F)F.[C-]#[N+]C(C)(C)C.[Sc]. The number of hydrogen-bond acceptors (Lipinski definition) is 19. The number of pyridine rings is 3. The van der Waals surface area contributed by atoms with Crippen molar-refractivity contribution in [1.29, 1.82) is 0 Å². The summed E-state index contributed by atoms with van der Waals surface area (Å²) >= 11 is 6.74. The second-order valence-corrected chi connectivity index (χ2v) is 33.4. The summed E-state index contributed by atoms with van der Waals surface area (Å²) in [6.07, 6.45) is 6.57. The summed E-state index contributed by atoms with van der Waals surface area (Å²) in [7, 11) is -17.9. The number of nitrogen functional groups attached to an aromatic ring is 1. The largest absolute Gasteiger partial charge is 0.522 e. The predicted molar refractivity (Wildman–Crippen MR) is 410 cm³/mol. The molecule has 41 heteroatoms. The molecule has 1 radical (unpaired) electrons. The summed E-state index contributed by atoms with van der Waals surface area (Å²) in [5.41, 5.74) is -0.793. The van der Waals surface area contributed by atoms with Crippen molar-refractivity contribution in [3.8, 4) is 33.6 Å². The van der Waals surface area contributed by atoms with Crippen LogP contribution in [0, 0.1) is 34.3 Å². The number of anilines is 3. The molecule has 1 fully saturated rings. The molecular formula is C70H83BBr2F9N11O14S3Sc. The summed E-state index contributed by atoms with van der Waals surface area (Å²) in [5.74, 6) is 4.20. The van der Waals surface area contributed by atoms with Crippen LogP contribution in [0.1, 0.15) is 123 Å². The zero-order chi connectivity index (χ0) is 84.4. The molecular weight excluding hydrogens is 1700 g/mol. The van der Waals surface area contributed by atoms with Gasteiger partial charge in [-0.15, -0.1) is 0 Å². The van der Waals surface area contributed by atoms with Gasteiger partial charge in [0.05, 0.1) is 22.6 Å². The molecule has 0 saturated carbocycles.